The monoisotopic (exact) mass is 450 g/mol. The van der Waals surface area contributed by atoms with Gasteiger partial charge in [0.25, 0.3) is 5.91 Å². The summed E-state index contributed by atoms with van der Waals surface area (Å²) in [7, 11) is 0. The Balaban J connectivity index is 1.73. The molecule has 7 nitrogen and oxygen atoms in total. The second kappa shape index (κ2) is 9.46. The first-order chi connectivity index (χ1) is 15.9. The lowest BCUT2D eigenvalue weighted by Gasteiger charge is -2.40. The van der Waals surface area contributed by atoms with Crippen molar-refractivity contribution in [1.29, 1.82) is 0 Å². The van der Waals surface area contributed by atoms with E-state index in [0.717, 1.165) is 12.0 Å². The zero-order chi connectivity index (χ0) is 23.5. The van der Waals surface area contributed by atoms with Gasteiger partial charge in [-0.2, -0.15) is 0 Å². The second-order valence-electron chi connectivity index (χ2n) is 8.10. The molecule has 0 spiro atoms. The minimum absolute atomic E-state index is 0.111. The molecule has 4 rings (SSSR count). The molecule has 33 heavy (non-hydrogen) atoms. The molecule has 3 N–H and O–H groups in total. The van der Waals surface area contributed by atoms with Crippen LogP contribution < -0.4 is 20.9 Å². The van der Waals surface area contributed by atoms with Crippen molar-refractivity contribution in [2.75, 3.05) is 34.8 Å². The van der Waals surface area contributed by atoms with E-state index in [1.165, 1.54) is 19.3 Å². The van der Waals surface area contributed by atoms with Crippen molar-refractivity contribution < 1.29 is 18.4 Å². The number of nitrogens with two attached hydrogens (primary N) is 1. The standard InChI is InChI=1S/C25H27FN4O3/c1-16-15-29(25(32)24-5-3-12-33-24)23-14-19(7-9-22(23)30(16)17(2)31)18-6-8-21(20(26)13-18)28-11-4-10-27/h3,5-9,12-14,16,28H,4,10-11,15,27H2,1-2H3/t16-/m0/s1. The first-order valence-electron chi connectivity index (χ1n) is 10.9. The molecule has 0 radical (unpaired) electrons. The molecule has 3 aromatic rings. The predicted molar refractivity (Wildman–Crippen MR) is 127 cm³/mol. The van der Waals surface area contributed by atoms with Gasteiger partial charge < -0.3 is 25.3 Å². The van der Waals surface area contributed by atoms with E-state index in [2.05, 4.69) is 5.32 Å². The highest BCUT2D eigenvalue weighted by Gasteiger charge is 2.35. The number of rotatable bonds is 6. The molecule has 0 aliphatic carbocycles. The van der Waals surface area contributed by atoms with Crippen LogP contribution in [0.2, 0.25) is 0 Å². The molecule has 2 heterocycles. The molecule has 1 aliphatic rings. The Morgan fingerprint density at radius 2 is 1.91 bits per heavy atom. The number of nitrogens with one attached hydrogen (secondary N) is 1. The largest absolute Gasteiger partial charge is 0.459 e. The van der Waals surface area contributed by atoms with Crippen molar-refractivity contribution in [1.82, 2.24) is 0 Å². The summed E-state index contributed by atoms with van der Waals surface area (Å²) in [5.41, 5.74) is 8.51. The van der Waals surface area contributed by atoms with Crippen molar-refractivity contribution in [2.45, 2.75) is 26.3 Å². The fourth-order valence-electron chi connectivity index (χ4n) is 4.17. The lowest BCUT2D eigenvalue weighted by molar-refractivity contribution is -0.117. The molecule has 0 fully saturated rings. The van der Waals surface area contributed by atoms with Crippen LogP contribution in [0.3, 0.4) is 0 Å². The van der Waals surface area contributed by atoms with Crippen LogP contribution in [0.1, 0.15) is 30.8 Å². The molecule has 1 aromatic heterocycles. The van der Waals surface area contributed by atoms with Crippen LogP contribution in [0.5, 0.6) is 0 Å². The van der Waals surface area contributed by atoms with E-state index in [0.29, 0.717) is 42.3 Å². The van der Waals surface area contributed by atoms with Gasteiger partial charge in [-0.15, -0.1) is 0 Å². The molecular formula is C25H27FN4O3. The topological polar surface area (TPSA) is 91.8 Å². The number of carbonyl (C=O) groups excluding carboxylic acids is 2. The maximum Gasteiger partial charge on any atom is 0.294 e. The quantitative estimate of drug-likeness (QED) is 0.548. The summed E-state index contributed by atoms with van der Waals surface area (Å²) in [6.45, 7) is 4.84. The molecular weight excluding hydrogens is 423 g/mol. The van der Waals surface area contributed by atoms with E-state index in [-0.39, 0.29) is 29.4 Å². The number of fused-ring (bicyclic) bond motifs is 1. The van der Waals surface area contributed by atoms with E-state index in [1.807, 2.05) is 25.1 Å². The number of hydrogen-bond donors (Lipinski definition) is 2. The van der Waals surface area contributed by atoms with Crippen LogP contribution in [0, 0.1) is 5.82 Å². The lowest BCUT2D eigenvalue weighted by atomic mass is 10.00. The Bertz CT molecular complexity index is 1160. The molecule has 1 aliphatic heterocycles. The molecule has 0 unspecified atom stereocenters. The van der Waals surface area contributed by atoms with Gasteiger partial charge in [-0.1, -0.05) is 12.1 Å². The Morgan fingerprint density at radius 1 is 1.15 bits per heavy atom. The third-order valence-corrected chi connectivity index (χ3v) is 5.73. The summed E-state index contributed by atoms with van der Waals surface area (Å²) in [5, 5.41) is 3.04. The molecule has 1 atom stereocenters. The fourth-order valence-corrected chi connectivity index (χ4v) is 4.17. The summed E-state index contributed by atoms with van der Waals surface area (Å²) >= 11 is 0. The number of hydrogen-bond acceptors (Lipinski definition) is 5. The number of anilines is 3. The van der Waals surface area contributed by atoms with E-state index in [1.54, 1.807) is 34.1 Å². The zero-order valence-corrected chi connectivity index (χ0v) is 18.7. The summed E-state index contributed by atoms with van der Waals surface area (Å²) in [6.07, 6.45) is 2.20. The first-order valence-corrected chi connectivity index (χ1v) is 10.9. The van der Waals surface area contributed by atoms with Crippen LogP contribution in [-0.4, -0.2) is 37.5 Å². The molecule has 0 saturated heterocycles. The van der Waals surface area contributed by atoms with Gasteiger partial charge in [0.15, 0.2) is 5.76 Å². The van der Waals surface area contributed by atoms with Crippen LogP contribution in [-0.2, 0) is 4.79 Å². The van der Waals surface area contributed by atoms with Gasteiger partial charge in [-0.05, 0) is 67.4 Å². The summed E-state index contributed by atoms with van der Waals surface area (Å²) in [5.74, 6) is -0.557. The molecule has 2 aromatic carbocycles. The number of furan rings is 1. The average molecular weight is 451 g/mol. The first kappa shape index (κ1) is 22.5. The SMILES string of the molecule is CC(=O)N1c2ccc(-c3ccc(NCCCN)c(F)c3)cc2N(C(=O)c2ccco2)C[C@@H]1C. The van der Waals surface area contributed by atoms with Gasteiger partial charge in [-0.3, -0.25) is 9.59 Å². The predicted octanol–water partition coefficient (Wildman–Crippen LogP) is 4.25. The van der Waals surface area contributed by atoms with Gasteiger partial charge in [0.2, 0.25) is 5.91 Å². The highest BCUT2D eigenvalue weighted by atomic mass is 19.1. The third kappa shape index (κ3) is 4.47. The molecule has 0 bridgehead atoms. The minimum Gasteiger partial charge on any atom is -0.459 e. The minimum atomic E-state index is -0.371. The van der Waals surface area contributed by atoms with E-state index < -0.39 is 0 Å². The van der Waals surface area contributed by atoms with Crippen molar-refractivity contribution >= 4 is 28.9 Å². The number of carbonyl (C=O) groups is 2. The number of nitrogens with zero attached hydrogens (tertiary/aromatic N) is 2. The number of halogens is 1. The smallest absolute Gasteiger partial charge is 0.294 e. The van der Waals surface area contributed by atoms with E-state index in [4.69, 9.17) is 10.2 Å². The lowest BCUT2D eigenvalue weighted by Crippen LogP contribution is -2.51. The van der Waals surface area contributed by atoms with Crippen LogP contribution in [0.25, 0.3) is 11.1 Å². The highest BCUT2D eigenvalue weighted by molar-refractivity contribution is 6.10. The highest BCUT2D eigenvalue weighted by Crippen LogP contribution is 2.40. The summed E-state index contributed by atoms with van der Waals surface area (Å²) in [4.78, 5) is 28.8. The van der Waals surface area contributed by atoms with Crippen molar-refractivity contribution in [2.24, 2.45) is 5.73 Å². The molecule has 0 saturated carbocycles. The Labute approximate surface area is 192 Å². The average Bonchev–Trinajstić information content (AvgIpc) is 3.33. The van der Waals surface area contributed by atoms with Crippen molar-refractivity contribution in [3.05, 3.63) is 66.4 Å². The Hall–Kier alpha value is -3.65. The summed E-state index contributed by atoms with van der Waals surface area (Å²) < 4.78 is 20.0. The molecule has 8 heteroatoms. The van der Waals surface area contributed by atoms with Gasteiger partial charge in [0.05, 0.1) is 29.4 Å². The van der Waals surface area contributed by atoms with Crippen molar-refractivity contribution in [3.8, 4) is 11.1 Å². The maximum atomic E-state index is 14.7. The van der Waals surface area contributed by atoms with E-state index >= 15 is 0 Å². The Kier molecular flexibility index (Phi) is 6.46. The second-order valence-corrected chi connectivity index (χ2v) is 8.10. The summed E-state index contributed by atoms with van der Waals surface area (Å²) in [6, 6.07) is 13.5. The van der Waals surface area contributed by atoms with Gasteiger partial charge in [0.1, 0.15) is 5.82 Å². The molecule has 2 amide bonds. The Morgan fingerprint density at radius 3 is 2.58 bits per heavy atom. The fraction of sp³-hybridized carbons (Fsp3) is 0.280. The number of benzene rings is 2. The zero-order valence-electron chi connectivity index (χ0n) is 18.7. The van der Waals surface area contributed by atoms with Crippen LogP contribution in [0.4, 0.5) is 21.5 Å². The third-order valence-electron chi connectivity index (χ3n) is 5.73. The molecule has 172 valence electrons. The van der Waals surface area contributed by atoms with Gasteiger partial charge in [-0.25, -0.2) is 4.39 Å². The van der Waals surface area contributed by atoms with E-state index in [9.17, 15) is 14.0 Å². The van der Waals surface area contributed by atoms with Crippen LogP contribution >= 0.6 is 0 Å². The van der Waals surface area contributed by atoms with Crippen molar-refractivity contribution in [3.63, 3.8) is 0 Å². The normalized spacial score (nSPS) is 15.3. The van der Waals surface area contributed by atoms with Gasteiger partial charge >= 0.3 is 0 Å². The maximum absolute atomic E-state index is 14.7. The van der Waals surface area contributed by atoms with Gasteiger partial charge in [0, 0.05) is 20.0 Å². The number of amides is 2. The van der Waals surface area contributed by atoms with Crippen LogP contribution in [0.15, 0.2) is 59.2 Å².